The molecule has 0 atom stereocenters. The third-order valence-corrected chi connectivity index (χ3v) is 3.45. The van der Waals surface area contributed by atoms with Crippen LogP contribution in [0.15, 0.2) is 18.3 Å². The van der Waals surface area contributed by atoms with Crippen LogP contribution in [0.3, 0.4) is 0 Å². The molecule has 1 heterocycles. The SMILES string of the molecule is CCC(CC)(CC)NC(=O)c1ccnc(N)c1. The highest BCUT2D eigenvalue weighted by Gasteiger charge is 2.26. The molecule has 94 valence electrons. The molecule has 1 amide bonds. The van der Waals surface area contributed by atoms with Crippen molar-refractivity contribution < 1.29 is 4.79 Å². The van der Waals surface area contributed by atoms with E-state index < -0.39 is 0 Å². The third-order valence-electron chi connectivity index (χ3n) is 3.45. The van der Waals surface area contributed by atoms with Gasteiger partial charge in [0.05, 0.1) is 0 Å². The monoisotopic (exact) mass is 235 g/mol. The van der Waals surface area contributed by atoms with Crippen LogP contribution in [0.25, 0.3) is 0 Å². The number of rotatable bonds is 5. The summed E-state index contributed by atoms with van der Waals surface area (Å²) in [4.78, 5) is 16.0. The molecule has 4 heteroatoms. The van der Waals surface area contributed by atoms with E-state index in [-0.39, 0.29) is 11.4 Å². The normalized spacial score (nSPS) is 11.2. The van der Waals surface area contributed by atoms with Crippen LogP contribution in [-0.2, 0) is 0 Å². The Hall–Kier alpha value is -1.58. The van der Waals surface area contributed by atoms with Crippen molar-refractivity contribution in [3.63, 3.8) is 0 Å². The molecule has 1 aromatic heterocycles. The Morgan fingerprint density at radius 2 is 1.94 bits per heavy atom. The summed E-state index contributed by atoms with van der Waals surface area (Å²) in [5.74, 6) is 0.289. The van der Waals surface area contributed by atoms with Crippen LogP contribution in [0, 0.1) is 0 Å². The summed E-state index contributed by atoms with van der Waals surface area (Å²) < 4.78 is 0. The van der Waals surface area contributed by atoms with Crippen molar-refractivity contribution in [2.75, 3.05) is 5.73 Å². The summed E-state index contributed by atoms with van der Waals surface area (Å²) in [7, 11) is 0. The van der Waals surface area contributed by atoms with Gasteiger partial charge in [0.2, 0.25) is 0 Å². The lowest BCUT2D eigenvalue weighted by Crippen LogP contribution is -2.47. The van der Waals surface area contributed by atoms with Crippen molar-refractivity contribution >= 4 is 11.7 Å². The van der Waals surface area contributed by atoms with Gasteiger partial charge in [-0.25, -0.2) is 4.98 Å². The molecular formula is C13H21N3O. The number of aromatic nitrogens is 1. The average molecular weight is 235 g/mol. The quantitative estimate of drug-likeness (QED) is 0.823. The Morgan fingerprint density at radius 3 is 2.41 bits per heavy atom. The van der Waals surface area contributed by atoms with Gasteiger partial charge in [-0.3, -0.25) is 4.79 Å². The largest absolute Gasteiger partial charge is 0.384 e. The van der Waals surface area contributed by atoms with Crippen molar-refractivity contribution in [2.24, 2.45) is 0 Å². The summed E-state index contributed by atoms with van der Waals surface area (Å²) in [5.41, 5.74) is 6.02. The summed E-state index contributed by atoms with van der Waals surface area (Å²) in [6.45, 7) is 6.27. The van der Waals surface area contributed by atoms with Crippen molar-refractivity contribution in [2.45, 2.75) is 45.6 Å². The smallest absolute Gasteiger partial charge is 0.251 e. The lowest BCUT2D eigenvalue weighted by atomic mass is 9.89. The first-order valence-corrected chi connectivity index (χ1v) is 6.11. The molecule has 17 heavy (non-hydrogen) atoms. The standard InChI is InChI=1S/C13H21N3O/c1-4-13(5-2,6-3)16-12(17)10-7-8-15-11(14)9-10/h7-9H,4-6H2,1-3H3,(H2,14,15)(H,16,17). The van der Waals surface area contributed by atoms with E-state index in [1.165, 1.54) is 0 Å². The fourth-order valence-corrected chi connectivity index (χ4v) is 1.92. The van der Waals surface area contributed by atoms with Gasteiger partial charge >= 0.3 is 0 Å². The second-order valence-corrected chi connectivity index (χ2v) is 4.26. The highest BCUT2D eigenvalue weighted by Crippen LogP contribution is 2.20. The average Bonchev–Trinajstić information content (AvgIpc) is 2.36. The fraction of sp³-hybridized carbons (Fsp3) is 0.538. The molecule has 0 radical (unpaired) electrons. The summed E-state index contributed by atoms with van der Waals surface area (Å²) in [5, 5.41) is 3.10. The number of nitrogens with zero attached hydrogens (tertiary/aromatic N) is 1. The first-order valence-electron chi connectivity index (χ1n) is 6.11. The summed E-state index contributed by atoms with van der Waals surface area (Å²) >= 11 is 0. The minimum Gasteiger partial charge on any atom is -0.384 e. The molecule has 0 aromatic carbocycles. The summed E-state index contributed by atoms with van der Waals surface area (Å²) in [6, 6.07) is 3.28. The molecular weight excluding hydrogens is 214 g/mol. The Kier molecular flexibility index (Phi) is 4.49. The number of amides is 1. The van der Waals surface area contributed by atoms with Crippen LogP contribution in [0.2, 0.25) is 0 Å². The Bertz CT molecular complexity index is 378. The first-order chi connectivity index (χ1) is 8.06. The Morgan fingerprint density at radius 1 is 1.35 bits per heavy atom. The van der Waals surface area contributed by atoms with Crippen molar-refractivity contribution in [3.05, 3.63) is 23.9 Å². The molecule has 1 aromatic rings. The topological polar surface area (TPSA) is 68.0 Å². The molecule has 4 nitrogen and oxygen atoms in total. The molecule has 1 rings (SSSR count). The van der Waals surface area contributed by atoms with E-state index in [9.17, 15) is 4.79 Å². The van der Waals surface area contributed by atoms with Gasteiger partial charge in [0.25, 0.3) is 5.91 Å². The zero-order valence-corrected chi connectivity index (χ0v) is 10.8. The molecule has 0 spiro atoms. The molecule has 0 aliphatic heterocycles. The lowest BCUT2D eigenvalue weighted by molar-refractivity contribution is 0.0888. The molecule has 3 N–H and O–H groups in total. The molecule has 0 bridgehead atoms. The number of hydrogen-bond donors (Lipinski definition) is 2. The van der Waals surface area contributed by atoms with Crippen LogP contribution in [0.4, 0.5) is 5.82 Å². The predicted octanol–water partition coefficient (Wildman–Crippen LogP) is 2.36. The van der Waals surface area contributed by atoms with Crippen molar-refractivity contribution in [1.29, 1.82) is 0 Å². The van der Waals surface area contributed by atoms with E-state index in [1.54, 1.807) is 18.3 Å². The number of nitrogen functional groups attached to an aromatic ring is 1. The maximum absolute atomic E-state index is 12.1. The van der Waals surface area contributed by atoms with Crippen LogP contribution < -0.4 is 11.1 Å². The predicted molar refractivity (Wildman–Crippen MR) is 69.7 cm³/mol. The molecule has 0 fully saturated rings. The lowest BCUT2D eigenvalue weighted by Gasteiger charge is -2.31. The van der Waals surface area contributed by atoms with Gasteiger partial charge in [-0.05, 0) is 31.4 Å². The van der Waals surface area contributed by atoms with E-state index in [4.69, 9.17) is 5.73 Å². The Balaban J connectivity index is 2.84. The van der Waals surface area contributed by atoms with Gasteiger partial charge in [0, 0.05) is 17.3 Å². The highest BCUT2D eigenvalue weighted by molar-refractivity contribution is 5.95. The second kappa shape index (κ2) is 5.66. The maximum atomic E-state index is 12.1. The molecule has 0 aliphatic rings. The van der Waals surface area contributed by atoms with Gasteiger partial charge < -0.3 is 11.1 Å². The number of nitrogens with one attached hydrogen (secondary N) is 1. The van der Waals surface area contributed by atoms with E-state index in [2.05, 4.69) is 31.1 Å². The molecule has 0 saturated heterocycles. The van der Waals surface area contributed by atoms with E-state index in [0.29, 0.717) is 11.4 Å². The van der Waals surface area contributed by atoms with Crippen molar-refractivity contribution in [1.82, 2.24) is 10.3 Å². The fourth-order valence-electron chi connectivity index (χ4n) is 1.92. The zero-order valence-electron chi connectivity index (χ0n) is 10.8. The molecule has 0 saturated carbocycles. The third kappa shape index (κ3) is 3.19. The number of hydrogen-bond acceptors (Lipinski definition) is 3. The number of carbonyl (C=O) groups is 1. The number of carbonyl (C=O) groups excluding carboxylic acids is 1. The Labute approximate surface area is 103 Å². The molecule has 0 unspecified atom stereocenters. The highest BCUT2D eigenvalue weighted by atomic mass is 16.1. The van der Waals surface area contributed by atoms with Gasteiger partial charge in [0.1, 0.15) is 5.82 Å². The number of nitrogens with two attached hydrogens (primary N) is 1. The van der Waals surface area contributed by atoms with E-state index >= 15 is 0 Å². The van der Waals surface area contributed by atoms with Crippen LogP contribution in [0.1, 0.15) is 50.4 Å². The first kappa shape index (κ1) is 13.5. The van der Waals surface area contributed by atoms with Crippen LogP contribution in [0.5, 0.6) is 0 Å². The van der Waals surface area contributed by atoms with Crippen molar-refractivity contribution in [3.8, 4) is 0 Å². The maximum Gasteiger partial charge on any atom is 0.251 e. The van der Waals surface area contributed by atoms with E-state index in [1.807, 2.05) is 0 Å². The minimum atomic E-state index is -0.116. The van der Waals surface area contributed by atoms with Gasteiger partial charge in [-0.2, -0.15) is 0 Å². The van der Waals surface area contributed by atoms with Gasteiger partial charge in [0.15, 0.2) is 0 Å². The van der Waals surface area contributed by atoms with E-state index in [0.717, 1.165) is 19.3 Å². The van der Waals surface area contributed by atoms with Crippen LogP contribution in [-0.4, -0.2) is 16.4 Å². The van der Waals surface area contributed by atoms with Gasteiger partial charge in [-0.1, -0.05) is 20.8 Å². The number of pyridine rings is 1. The van der Waals surface area contributed by atoms with Gasteiger partial charge in [-0.15, -0.1) is 0 Å². The van der Waals surface area contributed by atoms with Crippen LogP contribution >= 0.6 is 0 Å². The zero-order chi connectivity index (χ0) is 12.9. The summed E-state index contributed by atoms with van der Waals surface area (Å²) in [6.07, 6.45) is 4.32. The number of anilines is 1. The second-order valence-electron chi connectivity index (χ2n) is 4.26. The molecule has 0 aliphatic carbocycles. The minimum absolute atomic E-state index is 0.0790.